The van der Waals surface area contributed by atoms with E-state index >= 15 is 0 Å². The molecule has 0 aliphatic carbocycles. The number of hydrogen-bond acceptors (Lipinski definition) is 3. The fourth-order valence-corrected chi connectivity index (χ4v) is 1.81. The molecule has 2 rings (SSSR count). The number of nitrogens with zero attached hydrogens (tertiary/aromatic N) is 2. The summed E-state index contributed by atoms with van der Waals surface area (Å²) in [7, 11) is 1.59. The van der Waals surface area contributed by atoms with Gasteiger partial charge in [0, 0.05) is 31.1 Å². The zero-order chi connectivity index (χ0) is 13.1. The van der Waals surface area contributed by atoms with Gasteiger partial charge in [-0.25, -0.2) is 4.98 Å². The van der Waals surface area contributed by atoms with Gasteiger partial charge in [0.25, 0.3) is 11.5 Å². The standard InChI is InChI=1S/C12H12ClN3O2/c1-16-10-8(3-2-5-14-10)7-9(12(16)18)11(17)15-6-4-13/h2-3,5,7H,4,6H2,1H3,(H,15,17). The normalized spacial score (nSPS) is 10.6. The van der Waals surface area contributed by atoms with Crippen molar-refractivity contribution in [1.82, 2.24) is 14.9 Å². The molecule has 0 aromatic carbocycles. The van der Waals surface area contributed by atoms with Crippen molar-refractivity contribution < 1.29 is 4.79 Å². The highest BCUT2D eigenvalue weighted by molar-refractivity contribution is 6.18. The zero-order valence-electron chi connectivity index (χ0n) is 9.81. The average Bonchev–Trinajstić information content (AvgIpc) is 2.40. The molecule has 0 unspecified atom stereocenters. The Balaban J connectivity index is 2.55. The highest BCUT2D eigenvalue weighted by atomic mass is 35.5. The number of halogens is 1. The minimum absolute atomic E-state index is 0.100. The van der Waals surface area contributed by atoms with Crippen LogP contribution in [0.1, 0.15) is 10.4 Å². The number of nitrogens with one attached hydrogen (secondary N) is 1. The molecule has 1 N–H and O–H groups in total. The van der Waals surface area contributed by atoms with E-state index in [1.165, 1.54) is 4.57 Å². The Morgan fingerprint density at radius 3 is 3.06 bits per heavy atom. The van der Waals surface area contributed by atoms with Crippen LogP contribution in [0.25, 0.3) is 11.0 Å². The maximum absolute atomic E-state index is 12.0. The molecule has 2 aromatic rings. The molecule has 2 heterocycles. The summed E-state index contributed by atoms with van der Waals surface area (Å²) < 4.78 is 1.37. The van der Waals surface area contributed by atoms with Crippen LogP contribution in [0.2, 0.25) is 0 Å². The van der Waals surface area contributed by atoms with E-state index in [4.69, 9.17) is 11.6 Å². The van der Waals surface area contributed by atoms with Crippen molar-refractivity contribution in [3.8, 4) is 0 Å². The molecule has 0 bridgehead atoms. The molecule has 0 saturated carbocycles. The lowest BCUT2D eigenvalue weighted by Gasteiger charge is -2.07. The van der Waals surface area contributed by atoms with Crippen molar-refractivity contribution in [1.29, 1.82) is 0 Å². The summed E-state index contributed by atoms with van der Waals surface area (Å²) in [6.45, 7) is 0.328. The maximum atomic E-state index is 12.0. The van der Waals surface area contributed by atoms with Crippen LogP contribution in [0.15, 0.2) is 29.2 Å². The summed E-state index contributed by atoms with van der Waals surface area (Å²) >= 11 is 5.49. The average molecular weight is 266 g/mol. The smallest absolute Gasteiger partial charge is 0.264 e. The first-order valence-electron chi connectivity index (χ1n) is 5.44. The van der Waals surface area contributed by atoms with Crippen LogP contribution in [-0.2, 0) is 7.05 Å². The first kappa shape index (κ1) is 12.6. The lowest BCUT2D eigenvalue weighted by atomic mass is 10.2. The summed E-state index contributed by atoms with van der Waals surface area (Å²) in [5.74, 6) is -0.108. The van der Waals surface area contributed by atoms with Crippen molar-refractivity contribution in [2.24, 2.45) is 7.05 Å². The summed E-state index contributed by atoms with van der Waals surface area (Å²) in [6.07, 6.45) is 1.61. The molecule has 6 heteroatoms. The van der Waals surface area contributed by atoms with Gasteiger partial charge in [0.15, 0.2) is 0 Å². The molecular weight excluding hydrogens is 254 g/mol. The van der Waals surface area contributed by atoms with Crippen LogP contribution in [-0.4, -0.2) is 27.9 Å². The zero-order valence-corrected chi connectivity index (χ0v) is 10.6. The number of carbonyl (C=O) groups excluding carboxylic acids is 1. The van der Waals surface area contributed by atoms with E-state index in [-0.39, 0.29) is 11.1 Å². The number of pyridine rings is 2. The van der Waals surface area contributed by atoms with Gasteiger partial charge in [0.05, 0.1) is 0 Å². The number of hydrogen-bond donors (Lipinski definition) is 1. The van der Waals surface area contributed by atoms with Crippen molar-refractivity contribution >= 4 is 28.5 Å². The fraction of sp³-hybridized carbons (Fsp3) is 0.250. The molecule has 0 fully saturated rings. The molecule has 0 aliphatic heterocycles. The maximum Gasteiger partial charge on any atom is 0.264 e. The van der Waals surface area contributed by atoms with E-state index in [9.17, 15) is 9.59 Å². The third-order valence-electron chi connectivity index (χ3n) is 2.59. The second kappa shape index (κ2) is 5.18. The van der Waals surface area contributed by atoms with Crippen molar-refractivity contribution in [3.63, 3.8) is 0 Å². The van der Waals surface area contributed by atoms with Crippen LogP contribution >= 0.6 is 11.6 Å². The Kier molecular flexibility index (Phi) is 3.62. The highest BCUT2D eigenvalue weighted by Gasteiger charge is 2.13. The van der Waals surface area contributed by atoms with Gasteiger partial charge in [-0.2, -0.15) is 0 Å². The predicted molar refractivity (Wildman–Crippen MR) is 70.0 cm³/mol. The van der Waals surface area contributed by atoms with Crippen molar-refractivity contribution in [2.75, 3.05) is 12.4 Å². The predicted octanol–water partition coefficient (Wildman–Crippen LogP) is 0.902. The number of alkyl halides is 1. The van der Waals surface area contributed by atoms with Crippen LogP contribution in [0.3, 0.4) is 0 Å². The van der Waals surface area contributed by atoms with Crippen LogP contribution in [0, 0.1) is 0 Å². The minimum Gasteiger partial charge on any atom is -0.351 e. The van der Waals surface area contributed by atoms with E-state index in [2.05, 4.69) is 10.3 Å². The van der Waals surface area contributed by atoms with E-state index in [1.54, 1.807) is 31.4 Å². The summed E-state index contributed by atoms with van der Waals surface area (Å²) in [4.78, 5) is 27.9. The first-order chi connectivity index (χ1) is 8.65. The SMILES string of the molecule is Cn1c(=O)c(C(=O)NCCCl)cc2cccnc21. The molecule has 0 saturated heterocycles. The number of carbonyl (C=O) groups is 1. The number of amides is 1. The molecular formula is C12H12ClN3O2. The van der Waals surface area contributed by atoms with E-state index in [1.807, 2.05) is 0 Å². The van der Waals surface area contributed by atoms with Crippen LogP contribution in [0.5, 0.6) is 0 Å². The molecule has 2 aromatic heterocycles. The molecule has 94 valence electrons. The highest BCUT2D eigenvalue weighted by Crippen LogP contribution is 2.09. The molecule has 5 nitrogen and oxygen atoms in total. The Morgan fingerprint density at radius 2 is 2.33 bits per heavy atom. The lowest BCUT2D eigenvalue weighted by molar-refractivity contribution is 0.0954. The number of aromatic nitrogens is 2. The van der Waals surface area contributed by atoms with Gasteiger partial charge in [0.1, 0.15) is 11.2 Å². The molecule has 0 aliphatic rings. The van der Waals surface area contributed by atoms with Gasteiger partial charge in [0.2, 0.25) is 0 Å². The minimum atomic E-state index is -0.415. The number of aryl methyl sites for hydroxylation is 1. The molecule has 0 radical (unpaired) electrons. The van der Waals surface area contributed by atoms with Gasteiger partial charge in [-0.1, -0.05) is 0 Å². The van der Waals surface area contributed by atoms with Gasteiger partial charge >= 0.3 is 0 Å². The topological polar surface area (TPSA) is 64.0 Å². The fourth-order valence-electron chi connectivity index (χ4n) is 1.72. The lowest BCUT2D eigenvalue weighted by Crippen LogP contribution is -2.33. The van der Waals surface area contributed by atoms with Gasteiger partial charge in [-0.3, -0.25) is 14.2 Å². The molecule has 1 amide bonds. The van der Waals surface area contributed by atoms with E-state index in [0.717, 1.165) is 5.39 Å². The van der Waals surface area contributed by atoms with Crippen molar-refractivity contribution in [2.45, 2.75) is 0 Å². The summed E-state index contributed by atoms with van der Waals surface area (Å²) in [6, 6.07) is 5.11. The van der Waals surface area contributed by atoms with Gasteiger partial charge in [-0.15, -0.1) is 11.6 Å². The quantitative estimate of drug-likeness (QED) is 0.839. The Morgan fingerprint density at radius 1 is 1.56 bits per heavy atom. The summed E-state index contributed by atoms with van der Waals surface area (Å²) in [5.41, 5.74) is 0.285. The van der Waals surface area contributed by atoms with Gasteiger partial charge in [-0.05, 0) is 18.2 Å². The van der Waals surface area contributed by atoms with E-state index < -0.39 is 5.91 Å². The van der Waals surface area contributed by atoms with Gasteiger partial charge < -0.3 is 5.32 Å². The first-order valence-corrected chi connectivity index (χ1v) is 5.97. The third kappa shape index (κ3) is 2.22. The Hall–Kier alpha value is -1.88. The number of rotatable bonds is 3. The van der Waals surface area contributed by atoms with E-state index in [0.29, 0.717) is 18.1 Å². The third-order valence-corrected chi connectivity index (χ3v) is 2.78. The second-order valence-corrected chi connectivity index (χ2v) is 4.16. The van der Waals surface area contributed by atoms with Crippen LogP contribution in [0.4, 0.5) is 0 Å². The number of fused-ring (bicyclic) bond motifs is 1. The Bertz CT molecular complexity index is 651. The largest absolute Gasteiger partial charge is 0.351 e. The molecule has 0 atom stereocenters. The Labute approximate surface area is 108 Å². The monoisotopic (exact) mass is 265 g/mol. The second-order valence-electron chi connectivity index (χ2n) is 3.78. The molecule has 18 heavy (non-hydrogen) atoms. The molecule has 0 spiro atoms. The van der Waals surface area contributed by atoms with Crippen LogP contribution < -0.4 is 10.9 Å². The van der Waals surface area contributed by atoms with Crippen molar-refractivity contribution in [3.05, 3.63) is 40.3 Å². The summed E-state index contributed by atoms with van der Waals surface area (Å²) in [5, 5.41) is 3.32.